The zero-order valence-electron chi connectivity index (χ0n) is 12.8. The summed E-state index contributed by atoms with van der Waals surface area (Å²) in [4.78, 5) is 32.6. The fraction of sp³-hybridized carbons (Fsp3) is 0.833. The number of aliphatic carboxylic acids is 1. The van der Waals surface area contributed by atoms with Crippen LogP contribution in [0, 0.1) is 0 Å². The summed E-state index contributed by atoms with van der Waals surface area (Å²) in [5.74, 6) is -4.31. The topological polar surface area (TPSA) is 213 Å². The highest BCUT2D eigenvalue weighted by Gasteiger charge is 2.39. The van der Waals surface area contributed by atoms with Gasteiger partial charge in [-0.2, -0.15) is 0 Å². The van der Waals surface area contributed by atoms with Crippen LogP contribution in [0.1, 0.15) is 19.3 Å². The minimum Gasteiger partial charge on any atom is -0.593 e. The normalized spacial score (nSPS) is 18.3. The molecule has 0 aliphatic rings. The number of hydrogen-bond donors (Lipinski definition) is 7. The number of aliphatic hydroxyl groups excluding tert-OH is 4. The summed E-state index contributed by atoms with van der Waals surface area (Å²) < 4.78 is 10.5. The van der Waals surface area contributed by atoms with E-state index in [1.165, 1.54) is 0 Å². The number of hydrogen-bond acceptors (Lipinski definition) is 10. The van der Waals surface area contributed by atoms with Gasteiger partial charge in [0.2, 0.25) is 0 Å². The molecule has 0 aromatic heterocycles. The summed E-state index contributed by atoms with van der Waals surface area (Å²) in [6.45, 7) is -0.0476. The minimum atomic E-state index is -3.45. The van der Waals surface area contributed by atoms with Gasteiger partial charge < -0.3 is 41.5 Å². The average molecular weight is 370 g/mol. The number of aliphatic hydroxyl groups is 4. The number of unbranched alkanes of at least 4 members (excludes halogenated alkanes) is 1. The van der Waals surface area contributed by atoms with Crippen LogP contribution < -0.4 is 15.9 Å². The van der Waals surface area contributed by atoms with E-state index in [1.54, 1.807) is 0 Å². The molecule has 0 aromatic rings. The van der Waals surface area contributed by atoms with Gasteiger partial charge in [0.05, 0.1) is 6.54 Å². The lowest BCUT2D eigenvalue weighted by Gasteiger charge is -2.22. The molecule has 140 valence electrons. The van der Waals surface area contributed by atoms with Crippen molar-refractivity contribution in [2.24, 2.45) is 5.73 Å². The molecule has 0 fully saturated rings. The van der Waals surface area contributed by atoms with Crippen LogP contribution in [0.25, 0.3) is 0 Å². The first-order chi connectivity index (χ1) is 11.1. The van der Waals surface area contributed by atoms with Crippen LogP contribution >= 0.6 is 8.03 Å². The number of carbonyl (C=O) groups excluding carboxylic acids is 1. The maximum absolute atomic E-state index is 11.6. The maximum atomic E-state index is 11.6. The summed E-state index contributed by atoms with van der Waals surface area (Å²) in [6.07, 6.45) is -5.16. The predicted molar refractivity (Wildman–Crippen MR) is 79.0 cm³/mol. The standard InChI is InChI=1S/C12H23N2O9P/c13-6(11(19)20)3-1-2-4-14-5-7(15)8(16)9(17)10(18)12(21)24(22)23/h6,8-10,12,14,16-18,21H,1-5,13H2,(H,19,20)/t6-,8+,9-,10-,12?/m0/s1. The minimum absolute atomic E-state index is 0.268. The van der Waals surface area contributed by atoms with Gasteiger partial charge in [-0.1, -0.05) is 11.0 Å². The van der Waals surface area contributed by atoms with Crippen LogP contribution in [0.3, 0.4) is 0 Å². The Morgan fingerprint density at radius 2 is 1.71 bits per heavy atom. The first kappa shape index (κ1) is 23.0. The third kappa shape index (κ3) is 8.18. The van der Waals surface area contributed by atoms with E-state index in [1.807, 2.05) is 0 Å². The number of carboxylic acids is 1. The fourth-order valence-electron chi connectivity index (χ4n) is 1.73. The van der Waals surface area contributed by atoms with Crippen molar-refractivity contribution in [1.29, 1.82) is 0 Å². The molecule has 0 saturated heterocycles. The lowest BCUT2D eigenvalue weighted by molar-refractivity contribution is -0.181. The first-order valence-electron chi connectivity index (χ1n) is 7.17. The van der Waals surface area contributed by atoms with Crippen LogP contribution in [0.5, 0.6) is 0 Å². The highest BCUT2D eigenvalue weighted by Crippen LogP contribution is 2.21. The van der Waals surface area contributed by atoms with Crippen molar-refractivity contribution in [3.63, 3.8) is 0 Å². The number of Topliss-reactive ketones (excluding diaryl/α,β-unsaturated/α-hetero) is 1. The summed E-state index contributed by atoms with van der Waals surface area (Å²) >= 11 is 0. The molecule has 0 spiro atoms. The largest absolute Gasteiger partial charge is 0.593 e. The Kier molecular flexibility index (Phi) is 11.0. The zero-order chi connectivity index (χ0) is 18.9. The van der Waals surface area contributed by atoms with Gasteiger partial charge in [-0.3, -0.25) is 9.59 Å². The van der Waals surface area contributed by atoms with Gasteiger partial charge in [-0.05, 0) is 19.4 Å². The highest BCUT2D eigenvalue weighted by atomic mass is 31.1. The summed E-state index contributed by atoms with van der Waals surface area (Å²) in [5, 5.41) is 48.6. The molecule has 6 atom stereocenters. The molecule has 0 aromatic carbocycles. The molecule has 2 unspecified atom stereocenters. The molecular formula is C12H23N2O9P. The molecule has 0 aliphatic heterocycles. The summed E-state index contributed by atoms with van der Waals surface area (Å²) in [6, 6.07) is -0.955. The molecule has 0 radical (unpaired) electrons. The highest BCUT2D eigenvalue weighted by molar-refractivity contribution is 7.37. The molecule has 0 amide bonds. The van der Waals surface area contributed by atoms with Crippen LogP contribution in [0.15, 0.2) is 0 Å². The Hall–Kier alpha value is -1.04. The number of carbonyl (C=O) groups is 2. The van der Waals surface area contributed by atoms with Crippen LogP contribution in [-0.2, 0) is 14.2 Å². The number of carboxylic acid groups (broad SMARTS) is 1. The zero-order valence-corrected chi connectivity index (χ0v) is 13.7. The third-order valence-corrected chi connectivity index (χ3v) is 4.00. The van der Waals surface area contributed by atoms with Gasteiger partial charge in [0, 0.05) is 0 Å². The lowest BCUT2D eigenvalue weighted by atomic mass is 10.0. The molecule has 0 bridgehead atoms. The smallest absolute Gasteiger partial charge is 0.344 e. The number of nitrogens with one attached hydrogen (secondary N) is 1. The second-order valence-electron chi connectivity index (χ2n) is 5.21. The molecule has 0 rings (SSSR count). The van der Waals surface area contributed by atoms with E-state index in [-0.39, 0.29) is 13.0 Å². The maximum Gasteiger partial charge on any atom is 0.344 e. The van der Waals surface area contributed by atoms with E-state index >= 15 is 0 Å². The van der Waals surface area contributed by atoms with Crippen molar-refractivity contribution in [1.82, 2.24) is 5.32 Å². The van der Waals surface area contributed by atoms with Crippen LogP contribution in [-0.4, -0.2) is 80.6 Å². The molecule has 12 heteroatoms. The Balaban J connectivity index is 4.06. The van der Waals surface area contributed by atoms with Crippen molar-refractivity contribution in [2.75, 3.05) is 13.1 Å². The molecule has 0 heterocycles. The summed E-state index contributed by atoms with van der Waals surface area (Å²) in [7, 11) is -3.45. The Bertz CT molecular complexity index is 437. The molecule has 24 heavy (non-hydrogen) atoms. The molecule has 0 aliphatic carbocycles. The van der Waals surface area contributed by atoms with E-state index < -0.39 is 50.0 Å². The van der Waals surface area contributed by atoms with Crippen molar-refractivity contribution in [2.45, 2.75) is 49.5 Å². The molecule has 11 nitrogen and oxygen atoms in total. The van der Waals surface area contributed by atoms with E-state index in [0.717, 1.165) is 0 Å². The monoisotopic (exact) mass is 370 g/mol. The Labute approximate surface area is 139 Å². The number of nitrogens with two attached hydrogens (primary N) is 1. The second-order valence-corrected chi connectivity index (χ2v) is 6.31. The van der Waals surface area contributed by atoms with Gasteiger partial charge >= 0.3 is 14.0 Å². The van der Waals surface area contributed by atoms with Gasteiger partial charge in [0.25, 0.3) is 5.85 Å². The van der Waals surface area contributed by atoms with Crippen molar-refractivity contribution >= 4 is 19.8 Å². The predicted octanol–water partition coefficient (Wildman–Crippen LogP) is -3.77. The molecule has 0 saturated carbocycles. The second kappa shape index (κ2) is 11.5. The van der Waals surface area contributed by atoms with E-state index in [9.17, 15) is 34.4 Å². The van der Waals surface area contributed by atoms with Gasteiger partial charge in [0.15, 0.2) is 11.9 Å². The van der Waals surface area contributed by atoms with E-state index in [4.69, 9.17) is 15.9 Å². The van der Waals surface area contributed by atoms with Crippen molar-refractivity contribution < 1.29 is 44.6 Å². The van der Waals surface area contributed by atoms with Crippen molar-refractivity contribution in [3.8, 4) is 0 Å². The molecule has 8 N–H and O–H groups in total. The average Bonchev–Trinajstić information content (AvgIpc) is 2.54. The number of ketones is 1. The Morgan fingerprint density at radius 3 is 2.21 bits per heavy atom. The Morgan fingerprint density at radius 1 is 1.12 bits per heavy atom. The van der Waals surface area contributed by atoms with Gasteiger partial charge in [0.1, 0.15) is 18.2 Å². The number of rotatable bonds is 13. The van der Waals surface area contributed by atoms with Crippen molar-refractivity contribution in [3.05, 3.63) is 0 Å². The quantitative estimate of drug-likeness (QED) is 0.123. The summed E-state index contributed by atoms with van der Waals surface area (Å²) in [5.41, 5.74) is 5.30. The lowest BCUT2D eigenvalue weighted by Crippen LogP contribution is -2.49. The SMILES string of the molecule is N[C@@H](CCCCNCC(=O)[C@@H](O)[C@H](O)[C@H](O)C(O)[P+](=O)[O-])C(=O)O. The molecular weight excluding hydrogens is 347 g/mol. The van der Waals surface area contributed by atoms with Crippen LogP contribution in [0.4, 0.5) is 0 Å². The van der Waals surface area contributed by atoms with Gasteiger partial charge in [-0.25, -0.2) is 0 Å². The van der Waals surface area contributed by atoms with Gasteiger partial charge in [-0.15, -0.1) is 0 Å². The van der Waals surface area contributed by atoms with Crippen LogP contribution in [0.2, 0.25) is 0 Å². The van der Waals surface area contributed by atoms with E-state index in [2.05, 4.69) is 5.32 Å². The first-order valence-corrected chi connectivity index (χ1v) is 8.41. The fourth-order valence-corrected chi connectivity index (χ4v) is 2.16. The third-order valence-electron chi connectivity index (χ3n) is 3.26. The van der Waals surface area contributed by atoms with E-state index in [0.29, 0.717) is 19.4 Å².